The summed E-state index contributed by atoms with van der Waals surface area (Å²) in [5.74, 6) is 0. The largest absolute Gasteiger partial charge is 0.374 e. The number of aryl methyl sites for hydroxylation is 2. The van der Waals surface area contributed by atoms with Crippen molar-refractivity contribution in [2.24, 2.45) is 0 Å². The molecule has 0 amide bonds. The van der Waals surface area contributed by atoms with E-state index in [0.29, 0.717) is 0 Å². The summed E-state index contributed by atoms with van der Waals surface area (Å²) < 4.78 is 3.18. The fourth-order valence-corrected chi connectivity index (χ4v) is 2.43. The molecule has 0 radical (unpaired) electrons. The highest BCUT2D eigenvalue weighted by atomic mass is 16.3. The van der Waals surface area contributed by atoms with Crippen LogP contribution >= 0.6 is 0 Å². The molecule has 2 N–H and O–H groups in total. The van der Waals surface area contributed by atoms with Gasteiger partial charge in [0.05, 0.1) is 11.4 Å². The molecule has 0 bridgehead atoms. The highest BCUT2D eigenvalue weighted by Gasteiger charge is 2.17. The van der Waals surface area contributed by atoms with E-state index in [1.807, 2.05) is 27.7 Å². The second kappa shape index (κ2) is 5.14. The van der Waals surface area contributed by atoms with Crippen LogP contribution in [0.1, 0.15) is 33.9 Å². The van der Waals surface area contributed by atoms with Crippen LogP contribution in [0, 0.1) is 27.7 Å². The minimum atomic E-state index is -0.111. The van der Waals surface area contributed by atoms with Crippen molar-refractivity contribution in [2.45, 2.75) is 47.6 Å². The molecule has 0 aromatic carbocycles. The molecule has 0 saturated carbocycles. The fourth-order valence-electron chi connectivity index (χ4n) is 2.43. The molecule has 6 nitrogen and oxygen atoms in total. The second-order valence-corrected chi connectivity index (χ2v) is 4.76. The molecule has 2 heterocycles. The van der Waals surface area contributed by atoms with Crippen LogP contribution in [0.4, 0.5) is 0 Å². The Hall–Kier alpha value is -1.66. The summed E-state index contributed by atoms with van der Waals surface area (Å²) in [4.78, 5) is 0. The van der Waals surface area contributed by atoms with Gasteiger partial charge in [-0.25, -0.2) is 9.36 Å². The summed E-state index contributed by atoms with van der Waals surface area (Å²) in [6.45, 7) is 7.56. The molecule has 0 aliphatic rings. The average Bonchev–Trinajstić information content (AvgIpc) is 2.82. The minimum absolute atomic E-state index is 0.111. The van der Waals surface area contributed by atoms with E-state index in [0.717, 1.165) is 40.3 Å². The van der Waals surface area contributed by atoms with Crippen LogP contribution < -0.4 is 0 Å². The highest BCUT2D eigenvalue weighted by Crippen LogP contribution is 2.22. The zero-order valence-corrected chi connectivity index (χ0v) is 11.8. The topological polar surface area (TPSA) is 76.1 Å². The van der Waals surface area contributed by atoms with Crippen LogP contribution in [0.25, 0.3) is 0 Å². The number of rotatable bonds is 4. The van der Waals surface area contributed by atoms with Crippen molar-refractivity contribution in [1.82, 2.24) is 19.6 Å². The van der Waals surface area contributed by atoms with E-state index in [2.05, 4.69) is 10.2 Å². The fraction of sp³-hybridized carbons (Fsp3) is 0.538. The van der Waals surface area contributed by atoms with Gasteiger partial charge < -0.3 is 10.2 Å². The molecule has 2 aromatic rings. The first-order chi connectivity index (χ1) is 8.99. The third-order valence-electron chi connectivity index (χ3n) is 3.68. The molecule has 0 aliphatic heterocycles. The molecule has 6 heteroatoms. The van der Waals surface area contributed by atoms with Crippen LogP contribution in [-0.2, 0) is 19.9 Å². The normalized spacial score (nSPS) is 11.3. The van der Waals surface area contributed by atoms with E-state index in [1.54, 1.807) is 9.36 Å². The number of aromatic nitrogens is 4. The van der Waals surface area contributed by atoms with Crippen molar-refractivity contribution >= 4 is 0 Å². The van der Waals surface area contributed by atoms with Crippen molar-refractivity contribution in [1.29, 1.82) is 0 Å². The van der Waals surface area contributed by atoms with Crippen LogP contribution in [-0.4, -0.2) is 29.8 Å². The Morgan fingerprint density at radius 1 is 0.789 bits per heavy atom. The third kappa shape index (κ3) is 2.29. The zero-order valence-electron chi connectivity index (χ0n) is 11.8. The SMILES string of the molecule is Cc1nn(CO)c(C)c1Cc1c(C)nn(CO)c1C. The van der Waals surface area contributed by atoms with Gasteiger partial charge in [0, 0.05) is 28.9 Å². The third-order valence-corrected chi connectivity index (χ3v) is 3.68. The molecule has 0 spiro atoms. The zero-order chi connectivity index (χ0) is 14.2. The van der Waals surface area contributed by atoms with Crippen molar-refractivity contribution in [3.05, 3.63) is 33.9 Å². The molecule has 0 atom stereocenters. The Labute approximate surface area is 112 Å². The van der Waals surface area contributed by atoms with Gasteiger partial charge >= 0.3 is 0 Å². The van der Waals surface area contributed by atoms with E-state index in [-0.39, 0.29) is 13.5 Å². The number of hydrogen-bond donors (Lipinski definition) is 2. The molecule has 0 saturated heterocycles. The summed E-state index contributed by atoms with van der Waals surface area (Å²) >= 11 is 0. The van der Waals surface area contributed by atoms with Gasteiger partial charge in [-0.2, -0.15) is 10.2 Å². The molecule has 104 valence electrons. The molecule has 2 rings (SSSR count). The quantitative estimate of drug-likeness (QED) is 0.856. The maximum atomic E-state index is 9.22. The average molecular weight is 264 g/mol. The van der Waals surface area contributed by atoms with E-state index in [4.69, 9.17) is 0 Å². The van der Waals surface area contributed by atoms with Crippen molar-refractivity contribution in [2.75, 3.05) is 0 Å². The number of hydrogen-bond acceptors (Lipinski definition) is 4. The van der Waals surface area contributed by atoms with Crippen molar-refractivity contribution < 1.29 is 10.2 Å². The Bertz CT molecular complexity index is 546. The number of aliphatic hydroxyl groups excluding tert-OH is 2. The number of nitrogens with zero attached hydrogens (tertiary/aromatic N) is 4. The minimum Gasteiger partial charge on any atom is -0.374 e. The summed E-state index contributed by atoms with van der Waals surface area (Å²) in [5, 5.41) is 27.1. The van der Waals surface area contributed by atoms with E-state index in [9.17, 15) is 10.2 Å². The Kier molecular flexibility index (Phi) is 3.73. The summed E-state index contributed by atoms with van der Waals surface area (Å²) in [6.07, 6.45) is 0.718. The monoisotopic (exact) mass is 264 g/mol. The Morgan fingerprint density at radius 3 is 1.42 bits per heavy atom. The van der Waals surface area contributed by atoms with Gasteiger partial charge in [0.1, 0.15) is 13.5 Å². The van der Waals surface area contributed by atoms with E-state index in [1.165, 1.54) is 0 Å². The lowest BCUT2D eigenvalue weighted by atomic mass is 10.0. The molecule has 0 aliphatic carbocycles. The van der Waals surface area contributed by atoms with Gasteiger partial charge in [-0.15, -0.1) is 0 Å². The molecule has 19 heavy (non-hydrogen) atoms. The summed E-state index contributed by atoms with van der Waals surface area (Å²) in [6, 6.07) is 0. The standard InChI is InChI=1S/C13H20N4O2/c1-8-12(10(3)16(6-18)14-8)5-13-9(2)15-17(7-19)11(13)4/h18-19H,5-7H2,1-4H3. The predicted octanol–water partition coefficient (Wildman–Crippen LogP) is 0.804. The van der Waals surface area contributed by atoms with Gasteiger partial charge in [0.25, 0.3) is 0 Å². The van der Waals surface area contributed by atoms with Crippen molar-refractivity contribution in [3.63, 3.8) is 0 Å². The molecule has 0 fully saturated rings. The van der Waals surface area contributed by atoms with Gasteiger partial charge in [-0.3, -0.25) is 0 Å². The predicted molar refractivity (Wildman–Crippen MR) is 70.6 cm³/mol. The summed E-state index contributed by atoms with van der Waals surface area (Å²) in [5.41, 5.74) is 5.99. The first-order valence-corrected chi connectivity index (χ1v) is 6.27. The summed E-state index contributed by atoms with van der Waals surface area (Å²) in [7, 11) is 0. The van der Waals surface area contributed by atoms with E-state index >= 15 is 0 Å². The van der Waals surface area contributed by atoms with Gasteiger partial charge in [-0.05, 0) is 27.7 Å². The van der Waals surface area contributed by atoms with Gasteiger partial charge in [-0.1, -0.05) is 0 Å². The maximum absolute atomic E-state index is 9.22. The molecule has 0 unspecified atom stereocenters. The van der Waals surface area contributed by atoms with Crippen LogP contribution in [0.2, 0.25) is 0 Å². The van der Waals surface area contributed by atoms with Gasteiger partial charge in [0.2, 0.25) is 0 Å². The molecular weight excluding hydrogens is 244 g/mol. The molecule has 2 aromatic heterocycles. The first-order valence-electron chi connectivity index (χ1n) is 6.27. The lowest BCUT2D eigenvalue weighted by Gasteiger charge is -2.04. The van der Waals surface area contributed by atoms with Crippen LogP contribution in [0.5, 0.6) is 0 Å². The molecular formula is C13H20N4O2. The lowest BCUT2D eigenvalue weighted by Crippen LogP contribution is -2.03. The highest BCUT2D eigenvalue weighted by molar-refractivity contribution is 5.35. The maximum Gasteiger partial charge on any atom is 0.136 e. The van der Waals surface area contributed by atoms with Crippen molar-refractivity contribution in [3.8, 4) is 0 Å². The van der Waals surface area contributed by atoms with Gasteiger partial charge in [0.15, 0.2) is 0 Å². The van der Waals surface area contributed by atoms with Crippen LogP contribution in [0.3, 0.4) is 0 Å². The Morgan fingerprint density at radius 2 is 1.16 bits per heavy atom. The Balaban J connectivity index is 2.42. The van der Waals surface area contributed by atoms with Crippen LogP contribution in [0.15, 0.2) is 0 Å². The smallest absolute Gasteiger partial charge is 0.136 e. The first kappa shape index (κ1) is 13.8. The van der Waals surface area contributed by atoms with E-state index < -0.39 is 0 Å². The second-order valence-electron chi connectivity index (χ2n) is 4.76. The number of aliphatic hydroxyl groups is 2. The lowest BCUT2D eigenvalue weighted by molar-refractivity contribution is 0.192.